The Morgan fingerprint density at radius 3 is 2.82 bits per heavy atom. The van der Waals surface area contributed by atoms with E-state index < -0.39 is 0 Å². The minimum atomic E-state index is 0.256. The summed E-state index contributed by atoms with van der Waals surface area (Å²) in [6, 6.07) is 8.64. The molecule has 0 aliphatic heterocycles. The molecular formula is C15H20O2. The van der Waals surface area contributed by atoms with Gasteiger partial charge in [-0.05, 0) is 29.9 Å². The smallest absolute Gasteiger partial charge is 0.120 e. The van der Waals surface area contributed by atoms with E-state index in [1.54, 1.807) is 7.11 Å². The summed E-state index contributed by atoms with van der Waals surface area (Å²) in [5.74, 6) is 0.311. The number of aldehydes is 1. The predicted octanol–water partition coefficient (Wildman–Crippen LogP) is 3.06. The molecule has 1 atom stereocenters. The Kier molecular flexibility index (Phi) is 3.63. The fraction of sp³-hybridized carbons (Fsp3) is 0.533. The first-order valence-electron chi connectivity index (χ1n) is 6.25. The van der Waals surface area contributed by atoms with Gasteiger partial charge in [-0.1, -0.05) is 31.2 Å². The van der Waals surface area contributed by atoms with Gasteiger partial charge in [-0.15, -0.1) is 0 Å². The van der Waals surface area contributed by atoms with Crippen LogP contribution in [0.15, 0.2) is 24.3 Å². The number of carbonyl (C=O) groups is 1. The van der Waals surface area contributed by atoms with Crippen LogP contribution in [0.5, 0.6) is 0 Å². The van der Waals surface area contributed by atoms with Gasteiger partial charge in [0, 0.05) is 18.9 Å². The van der Waals surface area contributed by atoms with E-state index in [1.807, 2.05) is 0 Å². The van der Waals surface area contributed by atoms with Crippen molar-refractivity contribution in [2.75, 3.05) is 13.7 Å². The maximum absolute atomic E-state index is 10.6. The molecule has 0 radical (unpaired) electrons. The molecule has 1 aromatic carbocycles. The van der Waals surface area contributed by atoms with Gasteiger partial charge in [-0.3, -0.25) is 0 Å². The van der Waals surface area contributed by atoms with E-state index in [2.05, 4.69) is 31.2 Å². The van der Waals surface area contributed by atoms with Crippen LogP contribution >= 0.6 is 0 Å². The number of carbonyl (C=O) groups excluding carboxylic acids is 1. The Morgan fingerprint density at radius 2 is 2.24 bits per heavy atom. The lowest BCUT2D eigenvalue weighted by Gasteiger charge is -2.17. The van der Waals surface area contributed by atoms with Crippen molar-refractivity contribution in [2.45, 2.75) is 37.5 Å². The second-order valence-electron chi connectivity index (χ2n) is 5.14. The fourth-order valence-corrected chi connectivity index (χ4v) is 2.40. The van der Waals surface area contributed by atoms with Gasteiger partial charge in [0.25, 0.3) is 0 Å². The molecule has 1 saturated carbocycles. The topological polar surface area (TPSA) is 26.3 Å². The van der Waals surface area contributed by atoms with Crippen LogP contribution in [0, 0.1) is 0 Å². The quantitative estimate of drug-likeness (QED) is 0.705. The van der Waals surface area contributed by atoms with Crippen molar-refractivity contribution in [1.82, 2.24) is 0 Å². The van der Waals surface area contributed by atoms with Crippen molar-refractivity contribution in [3.8, 4) is 0 Å². The summed E-state index contributed by atoms with van der Waals surface area (Å²) < 4.78 is 5.32. The molecule has 1 aliphatic carbocycles. The van der Waals surface area contributed by atoms with Crippen LogP contribution in [-0.2, 0) is 14.9 Å². The molecule has 1 unspecified atom stereocenters. The van der Waals surface area contributed by atoms with E-state index >= 15 is 0 Å². The average Bonchev–Trinajstić information content (AvgIpc) is 3.11. The lowest BCUT2D eigenvalue weighted by molar-refractivity contribution is -0.108. The zero-order chi connectivity index (χ0) is 12.3. The lowest BCUT2D eigenvalue weighted by Crippen LogP contribution is -2.14. The minimum absolute atomic E-state index is 0.256. The molecule has 92 valence electrons. The van der Waals surface area contributed by atoms with Crippen LogP contribution in [0.1, 0.15) is 43.2 Å². The Bertz CT molecular complexity index is 394. The molecule has 1 aromatic rings. The highest BCUT2D eigenvalue weighted by Gasteiger charge is 2.44. The highest BCUT2D eigenvalue weighted by atomic mass is 16.5. The number of hydrogen-bond acceptors (Lipinski definition) is 2. The summed E-state index contributed by atoms with van der Waals surface area (Å²) in [5.41, 5.74) is 2.89. The summed E-state index contributed by atoms with van der Waals surface area (Å²) >= 11 is 0. The molecule has 2 rings (SSSR count). The van der Waals surface area contributed by atoms with Crippen LogP contribution in [0.25, 0.3) is 0 Å². The van der Waals surface area contributed by atoms with Gasteiger partial charge < -0.3 is 9.53 Å². The Balaban J connectivity index is 2.19. The number of methoxy groups -OCH3 is 1. The van der Waals surface area contributed by atoms with E-state index in [-0.39, 0.29) is 5.41 Å². The number of rotatable bonds is 6. The Morgan fingerprint density at radius 1 is 1.47 bits per heavy atom. The third kappa shape index (κ3) is 2.58. The summed E-state index contributed by atoms with van der Waals surface area (Å²) in [5, 5.41) is 0. The SMILES string of the molecule is COCC1(c2cccc(C(C)CC=O)c2)CC1. The largest absolute Gasteiger partial charge is 0.384 e. The van der Waals surface area contributed by atoms with E-state index in [0.717, 1.165) is 12.9 Å². The molecule has 0 aromatic heterocycles. The highest BCUT2D eigenvalue weighted by molar-refractivity contribution is 5.51. The molecule has 0 N–H and O–H groups in total. The Hall–Kier alpha value is -1.15. The van der Waals surface area contributed by atoms with Gasteiger partial charge >= 0.3 is 0 Å². The molecule has 0 heterocycles. The van der Waals surface area contributed by atoms with Gasteiger partial charge in [0.05, 0.1) is 6.61 Å². The summed E-state index contributed by atoms with van der Waals surface area (Å²) in [6.07, 6.45) is 4.03. The van der Waals surface area contributed by atoms with Gasteiger partial charge in [-0.25, -0.2) is 0 Å². The second kappa shape index (κ2) is 5.01. The van der Waals surface area contributed by atoms with Gasteiger partial charge in [0.15, 0.2) is 0 Å². The molecular weight excluding hydrogens is 212 g/mol. The van der Waals surface area contributed by atoms with Gasteiger partial charge in [0.1, 0.15) is 6.29 Å². The van der Waals surface area contributed by atoms with E-state index in [4.69, 9.17) is 4.74 Å². The van der Waals surface area contributed by atoms with Crippen molar-refractivity contribution in [2.24, 2.45) is 0 Å². The predicted molar refractivity (Wildman–Crippen MR) is 68.3 cm³/mol. The first-order chi connectivity index (χ1) is 8.22. The van der Waals surface area contributed by atoms with Crippen molar-refractivity contribution in [3.63, 3.8) is 0 Å². The zero-order valence-corrected chi connectivity index (χ0v) is 10.6. The summed E-state index contributed by atoms with van der Waals surface area (Å²) in [7, 11) is 1.76. The summed E-state index contributed by atoms with van der Waals surface area (Å²) in [4.78, 5) is 10.6. The molecule has 1 fully saturated rings. The summed E-state index contributed by atoms with van der Waals surface area (Å²) in [6.45, 7) is 2.90. The van der Waals surface area contributed by atoms with Gasteiger partial charge in [-0.2, -0.15) is 0 Å². The lowest BCUT2D eigenvalue weighted by atomic mass is 9.90. The van der Waals surface area contributed by atoms with Crippen molar-refractivity contribution in [1.29, 1.82) is 0 Å². The third-order valence-electron chi connectivity index (χ3n) is 3.79. The van der Waals surface area contributed by atoms with E-state index in [1.165, 1.54) is 24.0 Å². The molecule has 0 saturated heterocycles. The second-order valence-corrected chi connectivity index (χ2v) is 5.14. The van der Waals surface area contributed by atoms with Crippen molar-refractivity contribution >= 4 is 6.29 Å². The molecule has 1 aliphatic rings. The normalized spacial score (nSPS) is 18.7. The molecule has 2 nitrogen and oxygen atoms in total. The standard InChI is InChI=1S/C15H20O2/c1-12(6-9-16)13-4-3-5-14(10-13)15(7-8-15)11-17-2/h3-5,9-10,12H,6-8,11H2,1-2H3. The average molecular weight is 232 g/mol. The molecule has 2 heteroatoms. The Labute approximate surface area is 103 Å². The van der Waals surface area contributed by atoms with Gasteiger partial charge in [0.2, 0.25) is 0 Å². The fourth-order valence-electron chi connectivity index (χ4n) is 2.40. The molecule has 0 bridgehead atoms. The van der Waals surface area contributed by atoms with Crippen molar-refractivity contribution in [3.05, 3.63) is 35.4 Å². The molecule has 0 spiro atoms. The molecule has 0 amide bonds. The monoisotopic (exact) mass is 232 g/mol. The van der Waals surface area contributed by atoms with Crippen LogP contribution in [0.3, 0.4) is 0 Å². The number of hydrogen-bond donors (Lipinski definition) is 0. The first-order valence-corrected chi connectivity index (χ1v) is 6.25. The van der Waals surface area contributed by atoms with Crippen LogP contribution in [0.2, 0.25) is 0 Å². The number of benzene rings is 1. The van der Waals surface area contributed by atoms with E-state index in [0.29, 0.717) is 12.3 Å². The van der Waals surface area contributed by atoms with E-state index in [9.17, 15) is 4.79 Å². The minimum Gasteiger partial charge on any atom is -0.384 e. The molecule has 17 heavy (non-hydrogen) atoms. The van der Waals surface area contributed by atoms with Crippen molar-refractivity contribution < 1.29 is 9.53 Å². The maximum atomic E-state index is 10.6. The number of ether oxygens (including phenoxy) is 1. The maximum Gasteiger partial charge on any atom is 0.120 e. The van der Waals surface area contributed by atoms with Crippen LogP contribution in [0.4, 0.5) is 0 Å². The third-order valence-corrected chi connectivity index (χ3v) is 3.79. The highest BCUT2D eigenvalue weighted by Crippen LogP contribution is 2.48. The zero-order valence-electron chi connectivity index (χ0n) is 10.6. The van der Waals surface area contributed by atoms with Crippen LogP contribution < -0.4 is 0 Å². The first kappa shape index (κ1) is 12.3. The van der Waals surface area contributed by atoms with Crippen LogP contribution in [-0.4, -0.2) is 20.0 Å².